The van der Waals surface area contributed by atoms with E-state index in [-0.39, 0.29) is 22.2 Å². The summed E-state index contributed by atoms with van der Waals surface area (Å²) in [7, 11) is -2.77. The molecule has 0 heterocycles. The number of anilines is 1. The standard InChI is InChI=1S/C23H23FN2O3S/c1-16-9-4-5-12-20(16)17(2)25-23(27)18-10-8-11-19(15-18)30(28,29)26(3)22-14-7-6-13-21(22)24/h4-15,17H,1-3H3,(H,25,27). The molecule has 0 bridgehead atoms. The van der Waals surface area contributed by atoms with E-state index in [4.69, 9.17) is 0 Å². The smallest absolute Gasteiger partial charge is 0.264 e. The maximum absolute atomic E-state index is 14.1. The number of hydrogen-bond acceptors (Lipinski definition) is 3. The maximum Gasteiger partial charge on any atom is 0.264 e. The van der Waals surface area contributed by atoms with Gasteiger partial charge in [-0.2, -0.15) is 0 Å². The first-order valence-electron chi connectivity index (χ1n) is 9.41. The van der Waals surface area contributed by atoms with Crippen molar-refractivity contribution in [2.75, 3.05) is 11.4 Å². The van der Waals surface area contributed by atoms with Crippen molar-refractivity contribution in [3.63, 3.8) is 0 Å². The van der Waals surface area contributed by atoms with Gasteiger partial charge in [-0.15, -0.1) is 0 Å². The Morgan fingerprint density at radius 2 is 1.67 bits per heavy atom. The summed E-state index contributed by atoms with van der Waals surface area (Å²) >= 11 is 0. The van der Waals surface area contributed by atoms with Crippen molar-refractivity contribution in [2.45, 2.75) is 24.8 Å². The van der Waals surface area contributed by atoms with Crippen LogP contribution in [0.5, 0.6) is 0 Å². The number of rotatable bonds is 6. The van der Waals surface area contributed by atoms with Crippen molar-refractivity contribution >= 4 is 21.6 Å². The molecule has 0 aliphatic rings. The Bertz CT molecular complexity index is 1180. The number of aryl methyl sites for hydroxylation is 1. The van der Waals surface area contributed by atoms with Crippen LogP contribution in [-0.4, -0.2) is 21.4 Å². The van der Waals surface area contributed by atoms with Gasteiger partial charge in [-0.25, -0.2) is 12.8 Å². The van der Waals surface area contributed by atoms with Crippen LogP contribution in [0.1, 0.15) is 34.5 Å². The van der Waals surface area contributed by atoms with Gasteiger partial charge in [0.25, 0.3) is 15.9 Å². The zero-order chi connectivity index (χ0) is 21.9. The molecular weight excluding hydrogens is 403 g/mol. The lowest BCUT2D eigenvalue weighted by molar-refractivity contribution is 0.0939. The summed E-state index contributed by atoms with van der Waals surface area (Å²) in [6.07, 6.45) is 0. The number of benzene rings is 3. The first-order chi connectivity index (χ1) is 14.2. The number of nitrogens with zero attached hydrogens (tertiary/aromatic N) is 1. The van der Waals surface area contributed by atoms with Gasteiger partial charge in [0.2, 0.25) is 0 Å². The molecule has 1 amide bonds. The van der Waals surface area contributed by atoms with Crippen molar-refractivity contribution < 1.29 is 17.6 Å². The molecule has 1 N–H and O–H groups in total. The van der Waals surface area contributed by atoms with Gasteiger partial charge in [0, 0.05) is 12.6 Å². The second kappa shape index (κ2) is 8.67. The summed E-state index contributed by atoms with van der Waals surface area (Å²) in [5, 5.41) is 2.89. The lowest BCUT2D eigenvalue weighted by Crippen LogP contribution is -2.29. The monoisotopic (exact) mass is 426 g/mol. The minimum absolute atomic E-state index is 0.0690. The minimum atomic E-state index is -4.04. The number of para-hydroxylation sites is 1. The third-order valence-corrected chi connectivity index (χ3v) is 6.72. The van der Waals surface area contributed by atoms with Crippen LogP contribution < -0.4 is 9.62 Å². The van der Waals surface area contributed by atoms with Gasteiger partial charge < -0.3 is 5.32 Å². The summed E-state index contributed by atoms with van der Waals surface area (Å²) in [6.45, 7) is 3.83. The summed E-state index contributed by atoms with van der Waals surface area (Å²) in [5.74, 6) is -1.04. The Kier molecular flexibility index (Phi) is 6.22. The van der Waals surface area contributed by atoms with Crippen LogP contribution in [0.25, 0.3) is 0 Å². The Labute approximate surface area is 176 Å². The number of carbonyl (C=O) groups excluding carboxylic acids is 1. The molecule has 0 aliphatic carbocycles. The molecule has 3 aromatic rings. The van der Waals surface area contributed by atoms with E-state index < -0.39 is 21.7 Å². The van der Waals surface area contributed by atoms with Crippen LogP contribution in [0.2, 0.25) is 0 Å². The van der Waals surface area contributed by atoms with E-state index in [1.807, 2.05) is 38.1 Å². The van der Waals surface area contributed by atoms with Gasteiger partial charge in [-0.1, -0.05) is 42.5 Å². The second-order valence-electron chi connectivity index (χ2n) is 7.00. The molecule has 0 saturated carbocycles. The summed E-state index contributed by atoms with van der Waals surface area (Å²) in [6, 6.07) is 18.8. The molecule has 1 unspecified atom stereocenters. The van der Waals surface area contributed by atoms with E-state index in [0.717, 1.165) is 15.4 Å². The van der Waals surface area contributed by atoms with Crippen molar-refractivity contribution in [1.29, 1.82) is 0 Å². The number of sulfonamides is 1. The van der Waals surface area contributed by atoms with Crippen LogP contribution in [0.4, 0.5) is 10.1 Å². The molecule has 3 aromatic carbocycles. The van der Waals surface area contributed by atoms with Crippen LogP contribution in [0, 0.1) is 12.7 Å². The van der Waals surface area contributed by atoms with Crippen molar-refractivity contribution in [1.82, 2.24) is 5.32 Å². The molecule has 0 spiro atoms. The number of amides is 1. The van der Waals surface area contributed by atoms with E-state index in [1.165, 1.54) is 43.4 Å². The topological polar surface area (TPSA) is 66.5 Å². The van der Waals surface area contributed by atoms with E-state index >= 15 is 0 Å². The summed E-state index contributed by atoms with van der Waals surface area (Å²) < 4.78 is 40.9. The van der Waals surface area contributed by atoms with Gasteiger partial charge >= 0.3 is 0 Å². The maximum atomic E-state index is 14.1. The normalized spacial score (nSPS) is 12.3. The van der Waals surface area contributed by atoms with E-state index in [1.54, 1.807) is 12.1 Å². The van der Waals surface area contributed by atoms with Crippen LogP contribution >= 0.6 is 0 Å². The van der Waals surface area contributed by atoms with Gasteiger partial charge in [-0.3, -0.25) is 9.10 Å². The van der Waals surface area contributed by atoms with Crippen LogP contribution in [-0.2, 0) is 10.0 Å². The molecule has 0 aliphatic heterocycles. The lowest BCUT2D eigenvalue weighted by Gasteiger charge is -2.20. The Morgan fingerprint density at radius 1 is 1.00 bits per heavy atom. The van der Waals surface area contributed by atoms with Gasteiger partial charge in [-0.05, 0) is 55.3 Å². The highest BCUT2D eigenvalue weighted by atomic mass is 32.2. The highest BCUT2D eigenvalue weighted by molar-refractivity contribution is 7.92. The average molecular weight is 427 g/mol. The number of halogens is 1. The molecule has 7 heteroatoms. The van der Waals surface area contributed by atoms with Crippen LogP contribution in [0.15, 0.2) is 77.7 Å². The number of hydrogen-bond donors (Lipinski definition) is 1. The zero-order valence-electron chi connectivity index (χ0n) is 17.0. The molecule has 156 valence electrons. The third kappa shape index (κ3) is 4.36. The fourth-order valence-corrected chi connectivity index (χ4v) is 4.47. The van der Waals surface area contributed by atoms with Gasteiger partial charge in [0.15, 0.2) is 0 Å². The van der Waals surface area contributed by atoms with Crippen LogP contribution in [0.3, 0.4) is 0 Å². The summed E-state index contributed by atoms with van der Waals surface area (Å²) in [4.78, 5) is 12.6. The average Bonchev–Trinajstić information content (AvgIpc) is 2.74. The minimum Gasteiger partial charge on any atom is -0.346 e. The highest BCUT2D eigenvalue weighted by Gasteiger charge is 2.24. The Morgan fingerprint density at radius 3 is 2.37 bits per heavy atom. The number of carbonyl (C=O) groups is 1. The fourth-order valence-electron chi connectivity index (χ4n) is 3.22. The molecular formula is C23H23FN2O3S. The largest absolute Gasteiger partial charge is 0.346 e. The van der Waals surface area contributed by atoms with E-state index in [9.17, 15) is 17.6 Å². The molecule has 5 nitrogen and oxygen atoms in total. The molecule has 3 rings (SSSR count). The van der Waals surface area contributed by atoms with Crippen molar-refractivity contribution in [2.24, 2.45) is 0 Å². The SMILES string of the molecule is Cc1ccccc1C(C)NC(=O)c1cccc(S(=O)(=O)N(C)c2ccccc2F)c1. The quantitative estimate of drug-likeness (QED) is 0.633. The third-order valence-electron chi connectivity index (χ3n) is 4.95. The van der Waals surface area contributed by atoms with Gasteiger partial charge in [0.05, 0.1) is 16.6 Å². The lowest BCUT2D eigenvalue weighted by atomic mass is 10.0. The fraction of sp³-hybridized carbons (Fsp3) is 0.174. The highest BCUT2D eigenvalue weighted by Crippen LogP contribution is 2.25. The summed E-state index contributed by atoms with van der Waals surface area (Å²) in [5.41, 5.74) is 2.17. The molecule has 0 radical (unpaired) electrons. The molecule has 0 aromatic heterocycles. The predicted octanol–water partition coefficient (Wildman–Crippen LogP) is 4.45. The second-order valence-corrected chi connectivity index (χ2v) is 8.97. The number of nitrogens with one attached hydrogen (secondary N) is 1. The zero-order valence-corrected chi connectivity index (χ0v) is 17.8. The molecule has 30 heavy (non-hydrogen) atoms. The van der Waals surface area contributed by atoms with Gasteiger partial charge in [0.1, 0.15) is 5.82 Å². The van der Waals surface area contributed by atoms with Crippen molar-refractivity contribution in [3.05, 3.63) is 95.3 Å². The van der Waals surface area contributed by atoms with Crippen molar-refractivity contribution in [3.8, 4) is 0 Å². The Balaban J connectivity index is 1.86. The Hall–Kier alpha value is -3.19. The molecule has 0 fully saturated rings. The van der Waals surface area contributed by atoms with E-state index in [0.29, 0.717) is 0 Å². The molecule has 1 atom stereocenters. The first kappa shape index (κ1) is 21.5. The molecule has 0 saturated heterocycles. The predicted molar refractivity (Wildman–Crippen MR) is 115 cm³/mol. The van der Waals surface area contributed by atoms with E-state index in [2.05, 4.69) is 5.32 Å². The first-order valence-corrected chi connectivity index (χ1v) is 10.9.